The van der Waals surface area contributed by atoms with Crippen LogP contribution in [0.4, 0.5) is 10.1 Å². The molecule has 0 heterocycles. The van der Waals surface area contributed by atoms with Crippen LogP contribution in [0.3, 0.4) is 0 Å². The van der Waals surface area contributed by atoms with E-state index >= 15 is 0 Å². The number of hydrogen-bond acceptors (Lipinski definition) is 4. The molecule has 2 N–H and O–H groups in total. The Bertz CT molecular complexity index is 575. The molecule has 7 heteroatoms. The molecule has 0 amide bonds. The highest BCUT2D eigenvalue weighted by Gasteiger charge is 2.25. The Labute approximate surface area is 112 Å². The third-order valence-electron chi connectivity index (χ3n) is 2.58. The van der Waals surface area contributed by atoms with Crippen LogP contribution in [-0.4, -0.2) is 25.8 Å². The largest absolute Gasteiger partial charge is 0.399 e. The van der Waals surface area contributed by atoms with Gasteiger partial charge in [0.25, 0.3) is 0 Å². The van der Waals surface area contributed by atoms with Gasteiger partial charge < -0.3 is 5.73 Å². The number of hydrogen-bond donors (Lipinski definition) is 1. The van der Waals surface area contributed by atoms with E-state index in [1.165, 1.54) is 6.07 Å². The molecule has 5 nitrogen and oxygen atoms in total. The number of benzene rings is 1. The van der Waals surface area contributed by atoms with Gasteiger partial charge >= 0.3 is 0 Å². The minimum absolute atomic E-state index is 0.0444. The highest BCUT2D eigenvalue weighted by molar-refractivity contribution is 7.89. The first-order chi connectivity index (χ1) is 8.81. The first-order valence-corrected chi connectivity index (χ1v) is 7.21. The van der Waals surface area contributed by atoms with E-state index in [4.69, 9.17) is 11.0 Å². The summed E-state index contributed by atoms with van der Waals surface area (Å²) < 4.78 is 39.0. The average molecular weight is 285 g/mol. The second kappa shape index (κ2) is 5.99. The molecule has 0 saturated carbocycles. The van der Waals surface area contributed by atoms with Gasteiger partial charge in [-0.1, -0.05) is 6.92 Å². The van der Waals surface area contributed by atoms with Gasteiger partial charge in [-0.3, -0.25) is 0 Å². The van der Waals surface area contributed by atoms with Crippen molar-refractivity contribution in [2.45, 2.75) is 18.7 Å². The van der Waals surface area contributed by atoms with Gasteiger partial charge in [-0.2, -0.15) is 9.57 Å². The molecule has 1 aromatic carbocycles. The van der Waals surface area contributed by atoms with Crippen molar-refractivity contribution in [2.24, 2.45) is 5.92 Å². The van der Waals surface area contributed by atoms with Crippen LogP contribution >= 0.6 is 0 Å². The van der Waals surface area contributed by atoms with Crippen molar-refractivity contribution in [1.82, 2.24) is 4.31 Å². The lowest BCUT2D eigenvalue weighted by Crippen LogP contribution is -2.34. The molecule has 0 aliphatic heterocycles. The number of rotatable bonds is 5. The van der Waals surface area contributed by atoms with E-state index in [0.717, 1.165) is 16.4 Å². The van der Waals surface area contributed by atoms with Crippen LogP contribution in [-0.2, 0) is 10.0 Å². The van der Waals surface area contributed by atoms with Gasteiger partial charge in [-0.05, 0) is 25.1 Å². The molecule has 1 atom stereocenters. The van der Waals surface area contributed by atoms with Crippen molar-refractivity contribution < 1.29 is 12.8 Å². The van der Waals surface area contributed by atoms with Crippen molar-refractivity contribution in [2.75, 3.05) is 18.8 Å². The lowest BCUT2D eigenvalue weighted by Gasteiger charge is -2.21. The Hall–Kier alpha value is -1.65. The third kappa shape index (κ3) is 3.66. The van der Waals surface area contributed by atoms with Gasteiger partial charge in [0.1, 0.15) is 5.82 Å². The summed E-state index contributed by atoms with van der Waals surface area (Å²) >= 11 is 0. The summed E-state index contributed by atoms with van der Waals surface area (Å²) in [4.78, 5) is -0.197. The van der Waals surface area contributed by atoms with Gasteiger partial charge in [-0.15, -0.1) is 0 Å². The maximum absolute atomic E-state index is 13.2. The maximum Gasteiger partial charge on any atom is 0.243 e. The topological polar surface area (TPSA) is 87.2 Å². The van der Waals surface area contributed by atoms with Crippen LogP contribution in [0.15, 0.2) is 23.1 Å². The number of halogens is 1. The zero-order chi connectivity index (χ0) is 14.6. The number of sulfonamides is 1. The fourth-order valence-corrected chi connectivity index (χ4v) is 3.23. The standard InChI is InChI=1S/C12H16FN3O2S/c1-3-16(8-9(2)7-14)19(17,18)12-5-10(13)4-11(15)6-12/h4-6,9H,3,8,15H2,1-2H3. The van der Waals surface area contributed by atoms with Gasteiger partial charge in [0.15, 0.2) is 0 Å². The molecule has 104 valence electrons. The Balaban J connectivity index is 3.17. The van der Waals surface area contributed by atoms with Crippen molar-refractivity contribution in [3.63, 3.8) is 0 Å². The quantitative estimate of drug-likeness (QED) is 0.832. The molecule has 0 aromatic heterocycles. The number of nitriles is 1. The maximum atomic E-state index is 13.2. The summed E-state index contributed by atoms with van der Waals surface area (Å²) in [5, 5.41) is 8.75. The first-order valence-electron chi connectivity index (χ1n) is 5.77. The number of anilines is 1. The molecule has 0 saturated heterocycles. The van der Waals surface area contributed by atoms with Gasteiger partial charge in [-0.25, -0.2) is 12.8 Å². The zero-order valence-corrected chi connectivity index (χ0v) is 11.6. The van der Waals surface area contributed by atoms with Crippen molar-refractivity contribution in [1.29, 1.82) is 5.26 Å². The second-order valence-corrected chi connectivity index (χ2v) is 6.14. The van der Waals surface area contributed by atoms with Crippen LogP contribution < -0.4 is 5.73 Å². The van der Waals surface area contributed by atoms with Gasteiger partial charge in [0, 0.05) is 18.8 Å². The fraction of sp³-hybridized carbons (Fsp3) is 0.417. The Morgan fingerprint density at radius 3 is 2.58 bits per heavy atom. The summed E-state index contributed by atoms with van der Waals surface area (Å²) in [6, 6.07) is 5.15. The lowest BCUT2D eigenvalue weighted by atomic mass is 10.2. The Morgan fingerprint density at radius 1 is 1.47 bits per heavy atom. The molecular formula is C12H16FN3O2S. The number of nitrogens with zero attached hydrogens (tertiary/aromatic N) is 2. The minimum atomic E-state index is -3.84. The first kappa shape index (κ1) is 15.4. The van der Waals surface area contributed by atoms with Crippen molar-refractivity contribution in [3.05, 3.63) is 24.0 Å². The van der Waals surface area contributed by atoms with Gasteiger partial charge in [0.2, 0.25) is 10.0 Å². The molecule has 0 aliphatic rings. The second-order valence-electron chi connectivity index (χ2n) is 4.21. The molecule has 0 fully saturated rings. The predicted molar refractivity (Wildman–Crippen MR) is 70.0 cm³/mol. The van der Waals surface area contributed by atoms with Gasteiger partial charge in [0.05, 0.1) is 16.9 Å². The monoisotopic (exact) mass is 285 g/mol. The van der Waals surface area contributed by atoms with E-state index in [9.17, 15) is 12.8 Å². The molecule has 1 rings (SSSR count). The van der Waals surface area contributed by atoms with E-state index in [1.807, 2.05) is 6.07 Å². The fourth-order valence-electron chi connectivity index (χ4n) is 1.63. The van der Waals surface area contributed by atoms with E-state index in [2.05, 4.69) is 0 Å². The highest BCUT2D eigenvalue weighted by atomic mass is 32.2. The summed E-state index contributed by atoms with van der Waals surface area (Å²) in [7, 11) is -3.84. The van der Waals surface area contributed by atoms with E-state index in [0.29, 0.717) is 0 Å². The number of nitrogens with two attached hydrogens (primary N) is 1. The smallest absolute Gasteiger partial charge is 0.243 e. The molecule has 0 radical (unpaired) electrons. The van der Waals surface area contributed by atoms with Crippen LogP contribution in [0.2, 0.25) is 0 Å². The van der Waals surface area contributed by atoms with Crippen LogP contribution in [0.1, 0.15) is 13.8 Å². The molecule has 1 aromatic rings. The summed E-state index contributed by atoms with van der Waals surface area (Å²) in [6.45, 7) is 3.54. The van der Waals surface area contributed by atoms with Crippen molar-refractivity contribution >= 4 is 15.7 Å². The summed E-state index contributed by atoms with van der Waals surface area (Å²) in [6.07, 6.45) is 0. The molecule has 0 bridgehead atoms. The Morgan fingerprint density at radius 2 is 2.11 bits per heavy atom. The molecule has 1 unspecified atom stereocenters. The van der Waals surface area contributed by atoms with E-state index in [-0.39, 0.29) is 23.7 Å². The molecule has 0 aliphatic carbocycles. The zero-order valence-electron chi connectivity index (χ0n) is 10.8. The summed E-state index contributed by atoms with van der Waals surface area (Å²) in [5.74, 6) is -1.15. The molecule has 0 spiro atoms. The molecular weight excluding hydrogens is 269 g/mol. The highest BCUT2D eigenvalue weighted by Crippen LogP contribution is 2.20. The van der Waals surface area contributed by atoms with Crippen LogP contribution in [0.25, 0.3) is 0 Å². The molecule has 19 heavy (non-hydrogen) atoms. The minimum Gasteiger partial charge on any atom is -0.399 e. The average Bonchev–Trinajstić information content (AvgIpc) is 2.34. The predicted octanol–water partition coefficient (Wildman–Crippen LogP) is 1.58. The Kier molecular flexibility index (Phi) is 4.86. The SMILES string of the molecule is CCN(CC(C)C#N)S(=O)(=O)c1cc(N)cc(F)c1. The third-order valence-corrected chi connectivity index (χ3v) is 4.50. The van der Waals surface area contributed by atoms with E-state index in [1.54, 1.807) is 13.8 Å². The number of nitrogen functional groups attached to an aromatic ring is 1. The normalized spacial score (nSPS) is 13.2. The van der Waals surface area contributed by atoms with E-state index < -0.39 is 21.8 Å². The lowest BCUT2D eigenvalue weighted by molar-refractivity contribution is 0.399. The summed E-state index contributed by atoms with van der Waals surface area (Å²) in [5.41, 5.74) is 5.49. The van der Waals surface area contributed by atoms with Crippen LogP contribution in [0.5, 0.6) is 0 Å². The van der Waals surface area contributed by atoms with Crippen molar-refractivity contribution in [3.8, 4) is 6.07 Å². The van der Waals surface area contributed by atoms with Crippen LogP contribution in [0, 0.1) is 23.1 Å².